The fraction of sp³-hybridized carbons (Fsp3) is 0.636. The number of rotatable bonds is 12. The molecule has 1 fully saturated rings. The molecule has 0 aliphatic heterocycles. The van der Waals surface area contributed by atoms with Gasteiger partial charge in [-0.25, -0.2) is 4.99 Å². The summed E-state index contributed by atoms with van der Waals surface area (Å²) in [6, 6.07) is 8.13. The monoisotopic (exact) mass is 516 g/mol. The molecule has 1 aliphatic carbocycles. The molecule has 164 valence electrons. The van der Waals surface area contributed by atoms with Crippen LogP contribution in [0.4, 0.5) is 0 Å². The molecular weight excluding hydrogens is 479 g/mol. The Bertz CT molecular complexity index is 633. The van der Waals surface area contributed by atoms with Gasteiger partial charge in [-0.1, -0.05) is 38.8 Å². The third-order valence-electron chi connectivity index (χ3n) is 4.48. The van der Waals surface area contributed by atoms with Crippen LogP contribution in [0.5, 0.6) is 5.75 Å². The number of guanidine groups is 1. The largest absolute Gasteiger partial charge is 0.484 e. The Hall–Kier alpha value is -1.51. The Morgan fingerprint density at radius 2 is 2.03 bits per heavy atom. The molecule has 0 spiro atoms. The Kier molecular flexibility index (Phi) is 12.7. The first kappa shape index (κ1) is 25.5. The molecule has 3 N–H and O–H groups in total. The van der Waals surface area contributed by atoms with Gasteiger partial charge in [0.15, 0.2) is 12.6 Å². The van der Waals surface area contributed by atoms with Gasteiger partial charge in [0, 0.05) is 19.1 Å². The lowest BCUT2D eigenvalue weighted by Gasteiger charge is -2.12. The predicted octanol–water partition coefficient (Wildman–Crippen LogP) is 3.84. The van der Waals surface area contributed by atoms with Gasteiger partial charge in [0.1, 0.15) is 5.75 Å². The number of benzene rings is 1. The van der Waals surface area contributed by atoms with Crippen molar-refractivity contribution in [2.75, 3.05) is 19.7 Å². The Labute approximate surface area is 192 Å². The van der Waals surface area contributed by atoms with Crippen LogP contribution in [0.3, 0.4) is 0 Å². The molecule has 1 aliphatic rings. The van der Waals surface area contributed by atoms with Gasteiger partial charge in [0.05, 0.1) is 6.54 Å². The number of hydrogen-bond donors (Lipinski definition) is 3. The van der Waals surface area contributed by atoms with Crippen LogP contribution in [-0.4, -0.2) is 37.6 Å². The molecule has 1 amide bonds. The molecule has 0 bridgehead atoms. The van der Waals surface area contributed by atoms with Gasteiger partial charge in [-0.15, -0.1) is 24.0 Å². The second-order valence-electron chi connectivity index (χ2n) is 7.79. The van der Waals surface area contributed by atoms with E-state index in [-0.39, 0.29) is 36.5 Å². The van der Waals surface area contributed by atoms with E-state index < -0.39 is 0 Å². The van der Waals surface area contributed by atoms with E-state index in [1.165, 1.54) is 12.8 Å². The zero-order valence-corrected chi connectivity index (χ0v) is 20.3. The highest BCUT2D eigenvalue weighted by molar-refractivity contribution is 14.0. The molecular formula is C22H37IN4O2. The number of carbonyl (C=O) groups is 1. The van der Waals surface area contributed by atoms with E-state index in [4.69, 9.17) is 4.74 Å². The van der Waals surface area contributed by atoms with Crippen LogP contribution in [0, 0.1) is 5.92 Å². The van der Waals surface area contributed by atoms with E-state index in [1.54, 1.807) is 0 Å². The molecule has 7 heteroatoms. The number of amides is 1. The molecule has 1 aromatic rings. The fourth-order valence-electron chi connectivity index (χ4n) is 2.78. The van der Waals surface area contributed by atoms with Crippen LogP contribution >= 0.6 is 24.0 Å². The van der Waals surface area contributed by atoms with Crippen molar-refractivity contribution in [3.63, 3.8) is 0 Å². The summed E-state index contributed by atoms with van der Waals surface area (Å²) in [6.07, 6.45) is 5.81. The summed E-state index contributed by atoms with van der Waals surface area (Å²) in [4.78, 5) is 16.4. The summed E-state index contributed by atoms with van der Waals surface area (Å²) < 4.78 is 5.61. The lowest BCUT2D eigenvalue weighted by molar-refractivity contribution is -0.123. The van der Waals surface area contributed by atoms with E-state index in [0.29, 0.717) is 18.3 Å². The second kappa shape index (κ2) is 14.5. The molecule has 0 unspecified atom stereocenters. The highest BCUT2D eigenvalue weighted by Crippen LogP contribution is 2.18. The number of nitrogens with zero attached hydrogens (tertiary/aromatic N) is 1. The van der Waals surface area contributed by atoms with Crippen LogP contribution < -0.4 is 20.7 Å². The first-order valence-corrected chi connectivity index (χ1v) is 10.6. The van der Waals surface area contributed by atoms with Crippen molar-refractivity contribution in [1.29, 1.82) is 0 Å². The van der Waals surface area contributed by atoms with Crippen molar-refractivity contribution in [3.05, 3.63) is 29.8 Å². The summed E-state index contributed by atoms with van der Waals surface area (Å²) >= 11 is 0. The summed E-state index contributed by atoms with van der Waals surface area (Å²) in [7, 11) is 0. The first-order chi connectivity index (χ1) is 13.6. The number of ether oxygens (including phenoxy) is 1. The van der Waals surface area contributed by atoms with Gasteiger partial charge in [-0.05, 0) is 49.8 Å². The Balaban J connectivity index is 0.00000420. The molecule has 1 saturated carbocycles. The van der Waals surface area contributed by atoms with Gasteiger partial charge in [0.2, 0.25) is 0 Å². The smallest absolute Gasteiger partial charge is 0.258 e. The summed E-state index contributed by atoms with van der Waals surface area (Å²) in [5.74, 6) is 2.24. The third-order valence-corrected chi connectivity index (χ3v) is 4.48. The maximum atomic E-state index is 11.7. The maximum Gasteiger partial charge on any atom is 0.258 e. The van der Waals surface area contributed by atoms with Crippen LogP contribution in [-0.2, 0) is 11.3 Å². The van der Waals surface area contributed by atoms with Crippen LogP contribution in [0.15, 0.2) is 29.3 Å². The standard InChI is InChI=1S/C22H36N4O2.HI/c1-4-23-22(24-13-6-5-8-17(2)3)25-15-18-9-7-10-20(14-18)28-16-21(27)26-19-11-12-19;/h7,9-10,14,17,19H,4-6,8,11-13,15-16H2,1-3H3,(H,26,27)(H2,23,24,25);1H. The molecule has 0 saturated heterocycles. The van der Waals surface area contributed by atoms with E-state index in [2.05, 4.69) is 41.7 Å². The van der Waals surface area contributed by atoms with E-state index >= 15 is 0 Å². The fourth-order valence-corrected chi connectivity index (χ4v) is 2.78. The molecule has 0 aromatic heterocycles. The number of nitrogens with one attached hydrogen (secondary N) is 3. The minimum atomic E-state index is -0.0537. The molecule has 6 nitrogen and oxygen atoms in total. The van der Waals surface area contributed by atoms with Crippen LogP contribution in [0.25, 0.3) is 0 Å². The van der Waals surface area contributed by atoms with Crippen molar-refractivity contribution in [2.45, 2.75) is 65.5 Å². The average Bonchev–Trinajstić information content (AvgIpc) is 3.48. The van der Waals surface area contributed by atoms with Crippen molar-refractivity contribution in [3.8, 4) is 5.75 Å². The minimum Gasteiger partial charge on any atom is -0.484 e. The van der Waals surface area contributed by atoms with Crippen molar-refractivity contribution >= 4 is 35.8 Å². The Morgan fingerprint density at radius 3 is 2.72 bits per heavy atom. The van der Waals surface area contributed by atoms with Gasteiger partial charge < -0.3 is 20.7 Å². The highest BCUT2D eigenvalue weighted by Gasteiger charge is 2.23. The molecule has 0 heterocycles. The van der Waals surface area contributed by atoms with Crippen molar-refractivity contribution < 1.29 is 9.53 Å². The second-order valence-corrected chi connectivity index (χ2v) is 7.79. The van der Waals surface area contributed by atoms with Crippen molar-refractivity contribution in [2.24, 2.45) is 10.9 Å². The number of aliphatic imine (C=N–C) groups is 1. The predicted molar refractivity (Wildman–Crippen MR) is 130 cm³/mol. The summed E-state index contributed by atoms with van der Waals surface area (Å²) in [5, 5.41) is 9.61. The molecule has 0 atom stereocenters. The average molecular weight is 516 g/mol. The molecule has 0 radical (unpaired) electrons. The third kappa shape index (κ3) is 11.9. The van der Waals surface area contributed by atoms with Gasteiger partial charge in [0.25, 0.3) is 5.91 Å². The normalized spacial score (nSPS) is 13.6. The Morgan fingerprint density at radius 1 is 1.24 bits per heavy atom. The molecule has 1 aromatic carbocycles. The summed E-state index contributed by atoms with van der Waals surface area (Å²) in [5.41, 5.74) is 1.05. The molecule has 29 heavy (non-hydrogen) atoms. The number of halogens is 1. The SMILES string of the molecule is CCNC(=NCc1cccc(OCC(=O)NC2CC2)c1)NCCCCC(C)C.I. The summed E-state index contributed by atoms with van der Waals surface area (Å²) in [6.45, 7) is 8.97. The van der Waals surface area contributed by atoms with Crippen molar-refractivity contribution in [1.82, 2.24) is 16.0 Å². The number of hydrogen-bond acceptors (Lipinski definition) is 3. The van der Waals surface area contributed by atoms with Crippen LogP contribution in [0.1, 0.15) is 58.4 Å². The lowest BCUT2D eigenvalue weighted by atomic mass is 10.1. The number of carbonyl (C=O) groups excluding carboxylic acids is 1. The quantitative estimate of drug-likeness (QED) is 0.171. The van der Waals surface area contributed by atoms with Crippen LogP contribution in [0.2, 0.25) is 0 Å². The zero-order chi connectivity index (χ0) is 20.2. The van der Waals surface area contributed by atoms with E-state index in [9.17, 15) is 4.79 Å². The topological polar surface area (TPSA) is 74.8 Å². The van der Waals surface area contributed by atoms with E-state index in [1.807, 2.05) is 24.3 Å². The zero-order valence-electron chi connectivity index (χ0n) is 18.0. The molecule has 2 rings (SSSR count). The maximum absolute atomic E-state index is 11.7. The first-order valence-electron chi connectivity index (χ1n) is 10.6. The van der Waals surface area contributed by atoms with E-state index in [0.717, 1.165) is 49.8 Å². The lowest BCUT2D eigenvalue weighted by Crippen LogP contribution is -2.37. The minimum absolute atomic E-state index is 0. The highest BCUT2D eigenvalue weighted by atomic mass is 127. The van der Waals surface area contributed by atoms with Gasteiger partial charge in [-0.2, -0.15) is 0 Å². The van der Waals surface area contributed by atoms with Gasteiger partial charge >= 0.3 is 0 Å². The van der Waals surface area contributed by atoms with Gasteiger partial charge in [-0.3, -0.25) is 4.79 Å². The number of unbranched alkanes of at least 4 members (excludes halogenated alkanes) is 1.